The predicted octanol–water partition coefficient (Wildman–Crippen LogP) is 10.8. The third kappa shape index (κ3) is 6.08. The summed E-state index contributed by atoms with van der Waals surface area (Å²) in [7, 11) is 2.12. The van der Waals surface area contributed by atoms with Crippen molar-refractivity contribution < 1.29 is 0 Å². The average Bonchev–Trinajstić information content (AvgIpc) is 3.84. The van der Waals surface area contributed by atoms with Gasteiger partial charge in [0.2, 0.25) is 0 Å². The number of rotatable bonds is 8. The topological polar surface area (TPSA) is 65.9 Å². The Kier molecular flexibility index (Phi) is 10.2. The van der Waals surface area contributed by atoms with Gasteiger partial charge in [0.05, 0.1) is 28.9 Å². The van der Waals surface area contributed by atoms with Gasteiger partial charge in [-0.05, 0) is 77.9 Å². The van der Waals surface area contributed by atoms with Crippen molar-refractivity contribution in [2.24, 2.45) is 4.40 Å². The minimum Gasteiger partial charge on any atom is -0.344 e. The molecule has 2 aromatic heterocycles. The van der Waals surface area contributed by atoms with Gasteiger partial charge in [-0.2, -0.15) is 0 Å². The molecule has 4 N–H and O–H groups in total. The molecule has 1 atom stereocenters. The molecule has 1 aliphatic carbocycles. The zero-order valence-electron chi connectivity index (χ0n) is 24.1. The van der Waals surface area contributed by atoms with E-state index in [2.05, 4.69) is 143 Å². The van der Waals surface area contributed by atoms with Crippen LogP contribution in [0.25, 0.3) is 11.1 Å². The number of benzene rings is 3. The lowest BCUT2D eigenvalue weighted by Gasteiger charge is -2.25. The normalized spacial score (nSPS) is 15.3. The number of hydrogen-bond acceptors (Lipinski definition) is 8. The minimum absolute atomic E-state index is 0. The summed E-state index contributed by atoms with van der Waals surface area (Å²) >= 11 is 5.00. The van der Waals surface area contributed by atoms with Gasteiger partial charge in [-0.3, -0.25) is 0 Å². The second-order valence-electron chi connectivity index (χ2n) is 9.93. The first kappa shape index (κ1) is 32.0. The maximum Gasteiger partial charge on any atom is 0.101 e. The van der Waals surface area contributed by atoms with E-state index in [9.17, 15) is 0 Å². The van der Waals surface area contributed by atoms with Crippen LogP contribution >= 0.6 is 58.8 Å². The van der Waals surface area contributed by atoms with Gasteiger partial charge < -0.3 is 16.0 Å². The fourth-order valence-electron chi connectivity index (χ4n) is 5.33. The van der Waals surface area contributed by atoms with Crippen molar-refractivity contribution in [2.75, 3.05) is 16.8 Å². The summed E-state index contributed by atoms with van der Waals surface area (Å²) in [6, 6.07) is 40.4. The molecule has 222 valence electrons. The first-order valence-electron chi connectivity index (χ1n) is 13.7. The highest BCUT2D eigenvalue weighted by molar-refractivity contribution is 14.0. The number of para-hydroxylation sites is 3. The lowest BCUT2D eigenvalue weighted by molar-refractivity contribution is 1.03. The van der Waals surface area contributed by atoms with Gasteiger partial charge in [0.1, 0.15) is 5.00 Å². The van der Waals surface area contributed by atoms with Crippen molar-refractivity contribution in [3.05, 3.63) is 149 Å². The molecule has 1 aliphatic heterocycles. The molecule has 0 saturated heterocycles. The van der Waals surface area contributed by atoms with E-state index in [-0.39, 0.29) is 36.2 Å². The Balaban J connectivity index is 0.00000192. The summed E-state index contributed by atoms with van der Waals surface area (Å²) < 4.78 is 8.48. The molecule has 3 aromatic carbocycles. The molecule has 0 fully saturated rings. The monoisotopic (exact) mass is 745 g/mol. The quantitative estimate of drug-likeness (QED) is 0.122. The average molecular weight is 746 g/mol. The maximum atomic E-state index is 4.91. The second-order valence-corrected chi connectivity index (χ2v) is 12.7. The lowest BCUT2D eigenvalue weighted by atomic mass is 9.85. The van der Waals surface area contributed by atoms with Crippen molar-refractivity contribution in [3.63, 3.8) is 0 Å². The van der Waals surface area contributed by atoms with Gasteiger partial charge in [-0.1, -0.05) is 67.3 Å². The number of fused-ring (bicyclic) bond motifs is 1. The largest absolute Gasteiger partial charge is 0.344 e. The van der Waals surface area contributed by atoms with Gasteiger partial charge in [-0.15, -0.1) is 46.7 Å². The van der Waals surface area contributed by atoms with Crippen LogP contribution in [-0.2, 0) is 0 Å². The van der Waals surface area contributed by atoms with Crippen LogP contribution in [0, 0.1) is 0 Å². The van der Waals surface area contributed by atoms with Gasteiger partial charge in [0.25, 0.3) is 0 Å². The number of nitrogens with one attached hydrogen (secondary N) is 1. The van der Waals surface area contributed by atoms with Crippen LogP contribution in [0.5, 0.6) is 0 Å². The summed E-state index contributed by atoms with van der Waals surface area (Å²) in [5.74, 6) is 0. The van der Waals surface area contributed by atoms with Crippen LogP contribution in [0.2, 0.25) is 0 Å². The Morgan fingerprint density at radius 2 is 1.27 bits per heavy atom. The Morgan fingerprint density at radius 1 is 0.727 bits per heavy atom. The van der Waals surface area contributed by atoms with Crippen molar-refractivity contribution in [2.45, 2.75) is 6.04 Å². The number of thiophene rings is 2. The zero-order chi connectivity index (χ0) is 28.5. The molecule has 0 bridgehead atoms. The summed E-state index contributed by atoms with van der Waals surface area (Å²) in [6.45, 7) is 4.22. The Hall–Kier alpha value is -3.45. The molecule has 0 spiro atoms. The minimum atomic E-state index is 0. The van der Waals surface area contributed by atoms with Crippen LogP contribution in [0.3, 0.4) is 0 Å². The number of anilines is 5. The molecule has 44 heavy (non-hydrogen) atoms. The van der Waals surface area contributed by atoms with Crippen LogP contribution in [0.15, 0.2) is 144 Å². The van der Waals surface area contributed by atoms with Gasteiger partial charge >= 0.3 is 0 Å². The predicted molar refractivity (Wildman–Crippen MR) is 205 cm³/mol. The van der Waals surface area contributed by atoms with Gasteiger partial charge in [0, 0.05) is 39.4 Å². The van der Waals surface area contributed by atoms with Crippen molar-refractivity contribution in [1.82, 2.24) is 10.9 Å². The standard InChI is InChI=1S/C35H28N4S3.HI.H3N/c1-3-24-23-28(29-19-21-31(40-29)38(2)25-13-7-4-8-14-25)34-35(37-42-36-34)33(24)30-20-22-32(41-30)39(26-15-9-5-10-16-26)27-17-11-6-12-18-27;;/h3-23,34,36H,1H2,2H3;1H;1H3. The van der Waals surface area contributed by atoms with Crippen molar-refractivity contribution >= 4 is 103 Å². The van der Waals surface area contributed by atoms with E-state index in [0.717, 1.165) is 33.2 Å². The number of allylic oxidation sites excluding steroid dienone is 3. The molecular formula is C35H32IN5S3. The first-order valence-corrected chi connectivity index (χ1v) is 16.1. The third-order valence-corrected chi connectivity index (χ3v) is 10.3. The van der Waals surface area contributed by atoms with Crippen LogP contribution in [0.4, 0.5) is 27.1 Å². The molecule has 0 radical (unpaired) electrons. The van der Waals surface area contributed by atoms with E-state index < -0.39 is 0 Å². The van der Waals surface area contributed by atoms with E-state index in [0.29, 0.717) is 0 Å². The molecule has 5 aromatic rings. The highest BCUT2D eigenvalue weighted by Gasteiger charge is 2.35. The SMILES string of the molecule is C=CC1=C(c2ccc(N(c3ccccc3)c3ccccc3)s2)C2=NSNC2C(c2ccc(N(C)c3ccccc3)s2)=C1.I.N. The Bertz CT molecular complexity index is 1790. The molecule has 9 heteroatoms. The Morgan fingerprint density at radius 3 is 1.89 bits per heavy atom. The van der Waals surface area contributed by atoms with E-state index in [4.69, 9.17) is 4.40 Å². The molecule has 3 heterocycles. The van der Waals surface area contributed by atoms with Crippen LogP contribution < -0.4 is 20.7 Å². The molecule has 2 aliphatic rings. The first-order chi connectivity index (χ1) is 20.7. The second kappa shape index (κ2) is 14.1. The summed E-state index contributed by atoms with van der Waals surface area (Å²) in [6.07, 6.45) is 4.25. The number of hydrogen-bond donors (Lipinski definition) is 2. The zero-order valence-corrected chi connectivity index (χ0v) is 28.9. The summed E-state index contributed by atoms with van der Waals surface area (Å²) in [5, 5.41) is 2.34. The van der Waals surface area contributed by atoms with Crippen molar-refractivity contribution in [1.29, 1.82) is 0 Å². The molecule has 1 unspecified atom stereocenters. The smallest absolute Gasteiger partial charge is 0.101 e. The van der Waals surface area contributed by atoms with Crippen LogP contribution in [-0.4, -0.2) is 18.8 Å². The number of halogens is 1. The fraction of sp³-hybridized carbons (Fsp3) is 0.0571. The molecule has 0 amide bonds. The van der Waals surface area contributed by atoms with E-state index >= 15 is 0 Å². The molecule has 5 nitrogen and oxygen atoms in total. The summed E-state index contributed by atoms with van der Waals surface area (Å²) in [5.41, 5.74) is 7.94. The van der Waals surface area contributed by atoms with Gasteiger partial charge in [0.15, 0.2) is 0 Å². The van der Waals surface area contributed by atoms with E-state index in [1.165, 1.54) is 38.1 Å². The third-order valence-electron chi connectivity index (χ3n) is 7.41. The molecular weight excluding hydrogens is 714 g/mol. The highest BCUT2D eigenvalue weighted by atomic mass is 127. The Labute approximate surface area is 288 Å². The molecule has 7 rings (SSSR count). The van der Waals surface area contributed by atoms with Gasteiger partial charge in [-0.25, -0.2) is 9.12 Å². The van der Waals surface area contributed by atoms with Crippen molar-refractivity contribution in [3.8, 4) is 0 Å². The number of nitrogens with zero attached hydrogens (tertiary/aromatic N) is 3. The molecule has 0 saturated carbocycles. The highest BCUT2D eigenvalue weighted by Crippen LogP contribution is 2.46. The summed E-state index contributed by atoms with van der Waals surface area (Å²) in [4.78, 5) is 6.95. The van der Waals surface area contributed by atoms with Crippen LogP contribution in [0.1, 0.15) is 9.75 Å². The van der Waals surface area contributed by atoms with E-state index in [1.54, 1.807) is 22.7 Å². The van der Waals surface area contributed by atoms with E-state index in [1.807, 2.05) is 12.1 Å². The maximum absolute atomic E-state index is 4.91. The fourth-order valence-corrected chi connectivity index (χ4v) is 8.18. The lowest BCUT2D eigenvalue weighted by Crippen LogP contribution is -2.32.